The van der Waals surface area contributed by atoms with Crippen LogP contribution in [0, 0.1) is 0 Å². The highest BCUT2D eigenvalue weighted by atomic mass is 16.5. The highest BCUT2D eigenvalue weighted by molar-refractivity contribution is 5.36. The summed E-state index contributed by atoms with van der Waals surface area (Å²) < 4.78 is 15.7. The summed E-state index contributed by atoms with van der Waals surface area (Å²) in [5.74, 6) is 0.776. The number of nitrogen functional groups attached to an aromatic ring is 1. The van der Waals surface area contributed by atoms with Gasteiger partial charge in [-0.25, -0.2) is 0 Å². The van der Waals surface area contributed by atoms with Crippen LogP contribution in [0.5, 0.6) is 6.01 Å². The summed E-state index contributed by atoms with van der Waals surface area (Å²) in [7, 11) is 1.63. The van der Waals surface area contributed by atoms with Crippen LogP contribution in [-0.4, -0.2) is 61.6 Å². The number of rotatable bonds is 8. The Morgan fingerprint density at radius 3 is 2.52 bits per heavy atom. The first-order chi connectivity index (χ1) is 10.3. The number of anilines is 2. The maximum atomic E-state index is 5.72. The van der Waals surface area contributed by atoms with Crippen molar-refractivity contribution in [3.05, 3.63) is 0 Å². The highest BCUT2D eigenvalue weighted by Crippen LogP contribution is 2.18. The Kier molecular flexibility index (Phi) is 6.42. The molecule has 0 radical (unpaired) electrons. The zero-order chi connectivity index (χ0) is 14.9. The van der Waals surface area contributed by atoms with Gasteiger partial charge in [0.1, 0.15) is 6.61 Å². The van der Waals surface area contributed by atoms with Gasteiger partial charge in [0.05, 0.1) is 19.8 Å². The number of nitrogens with two attached hydrogens (primary N) is 1. The Bertz CT molecular complexity index is 426. The molecule has 1 fully saturated rings. The second-order valence-corrected chi connectivity index (χ2v) is 4.78. The van der Waals surface area contributed by atoms with Gasteiger partial charge in [0, 0.05) is 20.2 Å². The first kappa shape index (κ1) is 15.7. The fraction of sp³-hybridized carbons (Fsp3) is 0.769. The third-order valence-corrected chi connectivity index (χ3v) is 3.15. The van der Waals surface area contributed by atoms with Crippen LogP contribution >= 0.6 is 0 Å². The number of piperidine rings is 1. The molecule has 0 aromatic carbocycles. The molecule has 0 atom stereocenters. The van der Waals surface area contributed by atoms with E-state index in [0.717, 1.165) is 25.9 Å². The molecule has 0 bridgehead atoms. The Morgan fingerprint density at radius 2 is 1.76 bits per heavy atom. The molecule has 0 amide bonds. The third-order valence-electron chi connectivity index (χ3n) is 3.15. The first-order valence-corrected chi connectivity index (χ1v) is 7.25. The predicted octanol–water partition coefficient (Wildman–Crippen LogP) is 0.486. The summed E-state index contributed by atoms with van der Waals surface area (Å²) in [6, 6.07) is 0.249. The van der Waals surface area contributed by atoms with Gasteiger partial charge in [-0.1, -0.05) is 0 Å². The van der Waals surface area contributed by atoms with Crippen molar-refractivity contribution < 1.29 is 14.2 Å². The number of ether oxygens (including phenoxy) is 3. The van der Waals surface area contributed by atoms with E-state index in [1.165, 1.54) is 6.42 Å². The molecule has 0 saturated carbocycles. The van der Waals surface area contributed by atoms with Crippen molar-refractivity contribution in [2.75, 3.05) is 57.3 Å². The van der Waals surface area contributed by atoms with Gasteiger partial charge in [0.2, 0.25) is 11.9 Å². The van der Waals surface area contributed by atoms with Gasteiger partial charge >= 0.3 is 6.01 Å². The van der Waals surface area contributed by atoms with Crippen LogP contribution in [0.15, 0.2) is 0 Å². The molecule has 0 unspecified atom stereocenters. The molecular formula is C13H23N5O3. The molecular weight excluding hydrogens is 274 g/mol. The Balaban J connectivity index is 1.83. The summed E-state index contributed by atoms with van der Waals surface area (Å²) in [6.07, 6.45) is 3.55. The lowest BCUT2D eigenvalue weighted by Gasteiger charge is -2.26. The maximum absolute atomic E-state index is 5.72. The number of methoxy groups -OCH3 is 1. The van der Waals surface area contributed by atoms with E-state index in [-0.39, 0.29) is 12.0 Å². The molecule has 2 heterocycles. The average Bonchev–Trinajstić information content (AvgIpc) is 2.51. The second kappa shape index (κ2) is 8.58. The molecule has 8 heteroatoms. The number of hydrogen-bond donors (Lipinski definition) is 1. The van der Waals surface area contributed by atoms with E-state index < -0.39 is 0 Å². The first-order valence-electron chi connectivity index (χ1n) is 7.25. The lowest BCUT2D eigenvalue weighted by Crippen LogP contribution is -2.31. The SMILES string of the molecule is COCCOCCOc1nc(N)nc(N2CCCCC2)n1. The Morgan fingerprint density at radius 1 is 1.00 bits per heavy atom. The molecule has 1 aliphatic heterocycles. The smallest absolute Gasteiger partial charge is 0.323 e. The fourth-order valence-corrected chi connectivity index (χ4v) is 2.10. The monoisotopic (exact) mass is 297 g/mol. The van der Waals surface area contributed by atoms with E-state index in [4.69, 9.17) is 19.9 Å². The third kappa shape index (κ3) is 5.31. The van der Waals surface area contributed by atoms with Crippen molar-refractivity contribution in [1.82, 2.24) is 15.0 Å². The molecule has 2 N–H and O–H groups in total. The van der Waals surface area contributed by atoms with Gasteiger partial charge in [-0.05, 0) is 19.3 Å². The summed E-state index contributed by atoms with van der Waals surface area (Å²) in [4.78, 5) is 14.6. The lowest BCUT2D eigenvalue weighted by atomic mass is 10.1. The summed E-state index contributed by atoms with van der Waals surface area (Å²) in [6.45, 7) is 3.82. The van der Waals surface area contributed by atoms with Crippen LogP contribution in [0.25, 0.3) is 0 Å². The van der Waals surface area contributed by atoms with Gasteiger partial charge in [-0.15, -0.1) is 0 Å². The number of hydrogen-bond acceptors (Lipinski definition) is 8. The van der Waals surface area contributed by atoms with E-state index in [1.807, 2.05) is 0 Å². The van der Waals surface area contributed by atoms with Crippen LogP contribution in [0.2, 0.25) is 0 Å². The predicted molar refractivity (Wildman–Crippen MR) is 78.5 cm³/mol. The summed E-state index contributed by atoms with van der Waals surface area (Å²) in [5, 5.41) is 0. The van der Waals surface area contributed by atoms with Gasteiger partial charge in [-0.2, -0.15) is 15.0 Å². The van der Waals surface area contributed by atoms with E-state index in [2.05, 4.69) is 19.9 Å². The number of nitrogens with zero attached hydrogens (tertiary/aromatic N) is 4. The van der Waals surface area contributed by atoms with Crippen LogP contribution in [0.4, 0.5) is 11.9 Å². The quantitative estimate of drug-likeness (QED) is 0.692. The summed E-state index contributed by atoms with van der Waals surface area (Å²) in [5.41, 5.74) is 5.72. The molecule has 1 aromatic heterocycles. The summed E-state index contributed by atoms with van der Waals surface area (Å²) >= 11 is 0. The van der Waals surface area contributed by atoms with Crippen LogP contribution < -0.4 is 15.4 Å². The Labute approximate surface area is 124 Å². The largest absolute Gasteiger partial charge is 0.461 e. The fourth-order valence-electron chi connectivity index (χ4n) is 2.10. The zero-order valence-corrected chi connectivity index (χ0v) is 12.5. The normalized spacial score (nSPS) is 15.2. The molecule has 0 aliphatic carbocycles. The molecule has 2 rings (SSSR count). The minimum Gasteiger partial charge on any atom is -0.461 e. The minimum atomic E-state index is 0.181. The van der Waals surface area contributed by atoms with E-state index in [1.54, 1.807) is 7.11 Å². The average molecular weight is 297 g/mol. The van der Waals surface area contributed by atoms with Crippen molar-refractivity contribution in [3.63, 3.8) is 0 Å². The highest BCUT2D eigenvalue weighted by Gasteiger charge is 2.15. The molecule has 21 heavy (non-hydrogen) atoms. The van der Waals surface area contributed by atoms with Crippen molar-refractivity contribution in [2.24, 2.45) is 0 Å². The Hall–Kier alpha value is -1.67. The van der Waals surface area contributed by atoms with E-state index in [9.17, 15) is 0 Å². The van der Waals surface area contributed by atoms with E-state index >= 15 is 0 Å². The van der Waals surface area contributed by atoms with Gasteiger partial charge in [-0.3, -0.25) is 0 Å². The molecule has 8 nitrogen and oxygen atoms in total. The molecule has 1 aliphatic rings. The minimum absolute atomic E-state index is 0.181. The van der Waals surface area contributed by atoms with Crippen LogP contribution in [0.3, 0.4) is 0 Å². The van der Waals surface area contributed by atoms with Gasteiger partial charge in [0.25, 0.3) is 0 Å². The molecule has 0 spiro atoms. The maximum Gasteiger partial charge on any atom is 0.323 e. The van der Waals surface area contributed by atoms with Crippen molar-refractivity contribution in [1.29, 1.82) is 0 Å². The van der Waals surface area contributed by atoms with Crippen LogP contribution in [0.1, 0.15) is 19.3 Å². The van der Waals surface area contributed by atoms with Crippen LogP contribution in [-0.2, 0) is 9.47 Å². The molecule has 1 saturated heterocycles. The van der Waals surface area contributed by atoms with Crippen molar-refractivity contribution in [3.8, 4) is 6.01 Å². The zero-order valence-electron chi connectivity index (χ0n) is 12.5. The number of aromatic nitrogens is 3. The molecule has 118 valence electrons. The van der Waals surface area contributed by atoms with Crippen molar-refractivity contribution >= 4 is 11.9 Å². The van der Waals surface area contributed by atoms with Gasteiger partial charge in [0.15, 0.2) is 0 Å². The van der Waals surface area contributed by atoms with Gasteiger partial charge < -0.3 is 24.8 Å². The van der Waals surface area contributed by atoms with E-state index in [0.29, 0.717) is 32.4 Å². The molecule has 1 aromatic rings. The standard InChI is InChI=1S/C13H23N5O3/c1-19-7-8-20-9-10-21-13-16-11(14)15-12(17-13)18-5-3-2-4-6-18/h2-10H2,1H3,(H2,14,15,16,17). The van der Waals surface area contributed by atoms with Crippen molar-refractivity contribution in [2.45, 2.75) is 19.3 Å². The second-order valence-electron chi connectivity index (χ2n) is 4.78. The topological polar surface area (TPSA) is 95.6 Å². The lowest BCUT2D eigenvalue weighted by molar-refractivity contribution is 0.0528.